The molecule has 2 heterocycles. The van der Waals surface area contributed by atoms with Gasteiger partial charge in [0.2, 0.25) is 11.8 Å². The van der Waals surface area contributed by atoms with Crippen molar-refractivity contribution in [2.24, 2.45) is 0 Å². The highest BCUT2D eigenvalue weighted by molar-refractivity contribution is 8.00. The lowest BCUT2D eigenvalue weighted by Crippen LogP contribution is -2.64. The highest BCUT2D eigenvalue weighted by Crippen LogP contribution is 2.26. The molecule has 3 atom stereocenters. The molecule has 4 N–H and O–H groups in total. The molecule has 2 aliphatic heterocycles. The largest absolute Gasteiger partial charge is 0.477 e. The number of carbonyl (C=O) groups is 3. The molecule has 1 saturated heterocycles. The van der Waals surface area contributed by atoms with Gasteiger partial charge in [-0.15, -0.1) is 11.8 Å². The average molecular weight is 347 g/mol. The van der Waals surface area contributed by atoms with Gasteiger partial charge in [-0.3, -0.25) is 9.59 Å². The Labute approximate surface area is 142 Å². The Morgan fingerprint density at radius 3 is 2.50 bits per heavy atom. The molecule has 1 aromatic carbocycles. The molecule has 1 fully saturated rings. The number of carboxylic acids is 1. The van der Waals surface area contributed by atoms with Crippen LogP contribution in [0.25, 0.3) is 0 Å². The van der Waals surface area contributed by atoms with Crippen LogP contribution in [0.3, 0.4) is 0 Å². The van der Waals surface area contributed by atoms with Gasteiger partial charge < -0.3 is 21.1 Å². The second kappa shape index (κ2) is 6.56. The van der Waals surface area contributed by atoms with E-state index in [4.69, 9.17) is 0 Å². The Kier molecular flexibility index (Phi) is 4.48. The maximum Gasteiger partial charge on any atom is 0.351 e. The van der Waals surface area contributed by atoms with E-state index in [-0.39, 0.29) is 17.5 Å². The van der Waals surface area contributed by atoms with Gasteiger partial charge in [-0.1, -0.05) is 30.3 Å². The predicted octanol–water partition coefficient (Wildman–Crippen LogP) is 0.363. The summed E-state index contributed by atoms with van der Waals surface area (Å²) in [5.41, 5.74) is 1.49. The van der Waals surface area contributed by atoms with E-state index in [1.54, 1.807) is 31.2 Å². The molecule has 0 spiro atoms. The molecule has 2 aliphatic rings. The smallest absolute Gasteiger partial charge is 0.351 e. The number of thioether (sulfide) groups is 1. The lowest BCUT2D eigenvalue weighted by atomic mass is 10.0. The van der Waals surface area contributed by atoms with Crippen LogP contribution in [0.5, 0.6) is 0 Å². The van der Waals surface area contributed by atoms with Crippen LogP contribution in [0.15, 0.2) is 41.6 Å². The fourth-order valence-electron chi connectivity index (χ4n) is 2.71. The number of hydrogen-bond donors (Lipinski definition) is 4. The van der Waals surface area contributed by atoms with Crippen molar-refractivity contribution in [1.82, 2.24) is 16.0 Å². The lowest BCUT2D eigenvalue weighted by molar-refractivity contribution is -0.137. The molecular weight excluding hydrogens is 330 g/mol. The molecule has 0 aliphatic carbocycles. The van der Waals surface area contributed by atoms with Gasteiger partial charge in [0.1, 0.15) is 23.2 Å². The van der Waals surface area contributed by atoms with Crippen molar-refractivity contribution in [3.63, 3.8) is 0 Å². The zero-order valence-electron chi connectivity index (χ0n) is 12.9. The van der Waals surface area contributed by atoms with Crippen LogP contribution in [-0.4, -0.2) is 40.1 Å². The molecule has 24 heavy (non-hydrogen) atoms. The average Bonchev–Trinajstić information content (AvgIpc) is 2.57. The summed E-state index contributed by atoms with van der Waals surface area (Å²) < 4.78 is 0. The van der Waals surface area contributed by atoms with Crippen LogP contribution in [0.2, 0.25) is 0 Å². The normalized spacial score (nSPS) is 27.1. The summed E-state index contributed by atoms with van der Waals surface area (Å²) in [5, 5.41) is 17.0. The van der Waals surface area contributed by atoms with Gasteiger partial charge >= 0.3 is 5.97 Å². The van der Waals surface area contributed by atoms with Crippen LogP contribution < -0.4 is 16.0 Å². The number of amides is 2. The van der Waals surface area contributed by atoms with Crippen molar-refractivity contribution < 1.29 is 19.5 Å². The van der Waals surface area contributed by atoms with E-state index in [2.05, 4.69) is 16.0 Å². The number of piperazine rings is 1. The predicted molar refractivity (Wildman–Crippen MR) is 89.0 cm³/mol. The molecule has 3 rings (SSSR count). The topological polar surface area (TPSA) is 108 Å². The third-order valence-corrected chi connectivity index (χ3v) is 5.32. The number of hydrogen-bond acceptors (Lipinski definition) is 5. The minimum absolute atomic E-state index is 0.0889. The first-order valence-electron chi connectivity index (χ1n) is 7.44. The standard InChI is InChI=1S/C16H17N3O4S/c1-8-7-24-15(19-10(8)16(22)23)12-14(21)17-11(13(20)18-12)9-5-3-2-4-6-9/h2-6,11-12,15,19H,7H2,1H3,(H,17,21)(H,18,20)(H,22,23). The van der Waals surface area contributed by atoms with E-state index in [0.29, 0.717) is 16.9 Å². The van der Waals surface area contributed by atoms with Gasteiger partial charge in [0.15, 0.2) is 0 Å². The summed E-state index contributed by atoms with van der Waals surface area (Å²) in [6.45, 7) is 1.73. The second-order valence-electron chi connectivity index (χ2n) is 5.67. The van der Waals surface area contributed by atoms with Crippen molar-refractivity contribution in [2.75, 3.05) is 5.75 Å². The molecule has 0 aromatic heterocycles. The van der Waals surface area contributed by atoms with Crippen molar-refractivity contribution in [3.8, 4) is 0 Å². The quantitative estimate of drug-likeness (QED) is 0.629. The molecule has 0 radical (unpaired) electrons. The summed E-state index contributed by atoms with van der Waals surface area (Å²) in [6.07, 6.45) is 0. The highest BCUT2D eigenvalue weighted by atomic mass is 32.2. The Hall–Kier alpha value is -2.48. The fraction of sp³-hybridized carbons (Fsp3) is 0.312. The number of carboxylic acid groups (broad SMARTS) is 1. The van der Waals surface area contributed by atoms with E-state index in [9.17, 15) is 19.5 Å². The lowest BCUT2D eigenvalue weighted by Gasteiger charge is -2.36. The molecule has 126 valence electrons. The monoisotopic (exact) mass is 347 g/mol. The number of nitrogens with one attached hydrogen (secondary N) is 3. The molecule has 2 amide bonds. The first kappa shape index (κ1) is 16.4. The third-order valence-electron chi connectivity index (χ3n) is 3.97. The Balaban J connectivity index is 1.75. The molecule has 3 unspecified atom stereocenters. The van der Waals surface area contributed by atoms with Gasteiger partial charge in [0, 0.05) is 5.75 Å². The van der Waals surface area contributed by atoms with Crippen molar-refractivity contribution in [1.29, 1.82) is 0 Å². The van der Waals surface area contributed by atoms with E-state index in [1.165, 1.54) is 11.8 Å². The van der Waals surface area contributed by atoms with Crippen LogP contribution in [0, 0.1) is 0 Å². The van der Waals surface area contributed by atoms with Crippen LogP contribution in [0.4, 0.5) is 0 Å². The Morgan fingerprint density at radius 1 is 1.12 bits per heavy atom. The zero-order valence-corrected chi connectivity index (χ0v) is 13.7. The number of benzene rings is 1. The maximum absolute atomic E-state index is 12.4. The molecule has 7 nitrogen and oxygen atoms in total. The second-order valence-corrected chi connectivity index (χ2v) is 6.80. The van der Waals surface area contributed by atoms with Crippen LogP contribution in [0.1, 0.15) is 18.5 Å². The summed E-state index contributed by atoms with van der Waals surface area (Å²) >= 11 is 1.39. The van der Waals surface area contributed by atoms with Gasteiger partial charge in [-0.2, -0.15) is 0 Å². The third kappa shape index (κ3) is 3.09. The minimum atomic E-state index is -1.07. The fourth-order valence-corrected chi connectivity index (χ4v) is 3.87. The van der Waals surface area contributed by atoms with E-state index >= 15 is 0 Å². The van der Waals surface area contributed by atoms with Crippen molar-refractivity contribution in [2.45, 2.75) is 24.4 Å². The van der Waals surface area contributed by atoms with E-state index in [1.807, 2.05) is 6.07 Å². The molecule has 8 heteroatoms. The van der Waals surface area contributed by atoms with Gasteiger partial charge in [0.05, 0.1) is 0 Å². The van der Waals surface area contributed by atoms with Gasteiger partial charge in [-0.05, 0) is 18.1 Å². The summed E-state index contributed by atoms with van der Waals surface area (Å²) in [7, 11) is 0. The van der Waals surface area contributed by atoms with Gasteiger partial charge in [-0.25, -0.2) is 4.79 Å². The summed E-state index contributed by atoms with van der Waals surface area (Å²) in [6, 6.07) is 7.41. The maximum atomic E-state index is 12.4. The number of carbonyl (C=O) groups excluding carboxylic acids is 2. The molecule has 1 aromatic rings. The minimum Gasteiger partial charge on any atom is -0.477 e. The van der Waals surface area contributed by atoms with Gasteiger partial charge in [0.25, 0.3) is 0 Å². The van der Waals surface area contributed by atoms with Crippen LogP contribution in [-0.2, 0) is 14.4 Å². The molecule has 0 saturated carbocycles. The number of aliphatic carboxylic acids is 1. The zero-order chi connectivity index (χ0) is 17.3. The first-order chi connectivity index (χ1) is 11.5. The van der Waals surface area contributed by atoms with Crippen molar-refractivity contribution in [3.05, 3.63) is 47.2 Å². The van der Waals surface area contributed by atoms with Crippen LogP contribution >= 0.6 is 11.8 Å². The Morgan fingerprint density at radius 2 is 1.83 bits per heavy atom. The van der Waals surface area contributed by atoms with Crippen molar-refractivity contribution >= 4 is 29.5 Å². The Bertz CT molecular complexity index is 719. The summed E-state index contributed by atoms with van der Waals surface area (Å²) in [4.78, 5) is 36.1. The first-order valence-corrected chi connectivity index (χ1v) is 8.49. The SMILES string of the molecule is CC1=C(C(=O)O)NC(C2NC(=O)C(c3ccccc3)NC2=O)SC1. The summed E-state index contributed by atoms with van der Waals surface area (Å²) in [5.74, 6) is -1.22. The van der Waals surface area contributed by atoms with E-state index < -0.39 is 23.4 Å². The van der Waals surface area contributed by atoms with E-state index in [0.717, 1.165) is 0 Å². The number of rotatable bonds is 3. The molecule has 0 bridgehead atoms. The highest BCUT2D eigenvalue weighted by Gasteiger charge is 2.41. The molecular formula is C16H17N3O4S.